The molecule has 0 aliphatic rings. The largest absolute Gasteiger partial charge is 0.464 e. The van der Waals surface area contributed by atoms with Crippen LogP contribution < -0.4 is 0 Å². The normalized spacial score (nSPS) is 10.4. The summed E-state index contributed by atoms with van der Waals surface area (Å²) in [6, 6.07) is 0. The minimum atomic E-state index is -0.378. The molecule has 0 saturated carbocycles. The number of hydrogen-bond donors (Lipinski definition) is 0. The highest BCUT2D eigenvalue weighted by Gasteiger charge is 2.03. The van der Waals surface area contributed by atoms with Gasteiger partial charge in [0.25, 0.3) is 0 Å². The molecule has 0 spiro atoms. The van der Waals surface area contributed by atoms with E-state index in [1.165, 1.54) is 6.92 Å². The van der Waals surface area contributed by atoms with E-state index in [0.29, 0.717) is 12.5 Å². The molecule has 0 saturated heterocycles. The van der Waals surface area contributed by atoms with Gasteiger partial charge in [-0.15, -0.1) is 0 Å². The molecule has 0 rings (SSSR count). The first-order valence-electron chi connectivity index (χ1n) is 5.89. The summed E-state index contributed by atoms with van der Waals surface area (Å²) in [6.45, 7) is 6.28. The van der Waals surface area contributed by atoms with E-state index in [2.05, 4.69) is 18.6 Å². The van der Waals surface area contributed by atoms with E-state index in [1.54, 1.807) is 0 Å². The second-order valence-corrected chi connectivity index (χ2v) is 4.15. The van der Waals surface area contributed by atoms with Crippen LogP contribution >= 0.6 is 0 Å². The average molecular weight is 246 g/mol. The van der Waals surface area contributed by atoms with Gasteiger partial charge in [-0.1, -0.05) is 13.8 Å². The molecule has 100 valence electrons. The number of carbonyl (C=O) groups excluding carboxylic acids is 2. The third-order valence-corrected chi connectivity index (χ3v) is 1.94. The highest BCUT2D eigenvalue weighted by Crippen LogP contribution is 2.03. The SMILES string of the molecule is CC(=O)OCCOCC(=O)OCCCC(C)C. The van der Waals surface area contributed by atoms with Crippen molar-refractivity contribution in [1.82, 2.24) is 0 Å². The average Bonchev–Trinajstić information content (AvgIpc) is 2.23. The number of rotatable bonds is 9. The molecule has 0 fully saturated rings. The second-order valence-electron chi connectivity index (χ2n) is 4.15. The van der Waals surface area contributed by atoms with Crippen molar-refractivity contribution < 1.29 is 23.8 Å². The third kappa shape index (κ3) is 12.8. The van der Waals surface area contributed by atoms with Gasteiger partial charge in [-0.05, 0) is 18.8 Å². The van der Waals surface area contributed by atoms with Crippen LogP contribution in [0.15, 0.2) is 0 Å². The molecule has 5 heteroatoms. The first-order chi connectivity index (χ1) is 8.02. The molecule has 0 aliphatic heterocycles. The Morgan fingerprint density at radius 1 is 1.06 bits per heavy atom. The smallest absolute Gasteiger partial charge is 0.332 e. The lowest BCUT2D eigenvalue weighted by Crippen LogP contribution is -2.16. The van der Waals surface area contributed by atoms with E-state index < -0.39 is 0 Å². The monoisotopic (exact) mass is 246 g/mol. The molecule has 0 heterocycles. The molecule has 0 radical (unpaired) electrons. The zero-order valence-corrected chi connectivity index (χ0v) is 10.9. The molecule has 0 N–H and O–H groups in total. The van der Waals surface area contributed by atoms with Gasteiger partial charge < -0.3 is 14.2 Å². The molecule has 5 nitrogen and oxygen atoms in total. The summed E-state index contributed by atoms with van der Waals surface area (Å²) in [5.41, 5.74) is 0. The maximum Gasteiger partial charge on any atom is 0.332 e. The summed E-state index contributed by atoms with van der Waals surface area (Å²) >= 11 is 0. The fraction of sp³-hybridized carbons (Fsp3) is 0.833. The molecular weight excluding hydrogens is 224 g/mol. The van der Waals surface area contributed by atoms with Crippen LogP contribution in [0.1, 0.15) is 33.6 Å². The minimum Gasteiger partial charge on any atom is -0.464 e. The Labute approximate surface area is 102 Å². The lowest BCUT2D eigenvalue weighted by molar-refractivity contribution is -0.150. The third-order valence-electron chi connectivity index (χ3n) is 1.94. The Hall–Kier alpha value is -1.10. The quantitative estimate of drug-likeness (QED) is 0.456. The van der Waals surface area contributed by atoms with Crippen molar-refractivity contribution in [3.8, 4) is 0 Å². The predicted octanol–water partition coefficient (Wildman–Crippen LogP) is 1.55. The Morgan fingerprint density at radius 3 is 2.35 bits per heavy atom. The Bertz CT molecular complexity index is 225. The van der Waals surface area contributed by atoms with E-state index in [0.717, 1.165) is 12.8 Å². The predicted molar refractivity (Wildman–Crippen MR) is 62.5 cm³/mol. The van der Waals surface area contributed by atoms with Gasteiger partial charge in [0.1, 0.15) is 13.2 Å². The fourth-order valence-corrected chi connectivity index (χ4v) is 1.12. The molecule has 0 bridgehead atoms. The lowest BCUT2D eigenvalue weighted by atomic mass is 10.1. The molecule has 0 unspecified atom stereocenters. The van der Waals surface area contributed by atoms with Crippen LogP contribution in [0.3, 0.4) is 0 Å². The Morgan fingerprint density at radius 2 is 1.76 bits per heavy atom. The van der Waals surface area contributed by atoms with Crippen LogP contribution in [0.2, 0.25) is 0 Å². The van der Waals surface area contributed by atoms with Crippen LogP contribution in [-0.4, -0.2) is 38.4 Å². The van der Waals surface area contributed by atoms with Crippen molar-refractivity contribution in [2.45, 2.75) is 33.6 Å². The van der Waals surface area contributed by atoms with Crippen molar-refractivity contribution in [2.24, 2.45) is 5.92 Å². The van der Waals surface area contributed by atoms with Gasteiger partial charge in [0.05, 0.1) is 13.2 Å². The summed E-state index contributed by atoms with van der Waals surface area (Å²) in [5.74, 6) is -0.116. The van der Waals surface area contributed by atoms with Crippen molar-refractivity contribution >= 4 is 11.9 Å². The van der Waals surface area contributed by atoms with E-state index in [4.69, 9.17) is 9.47 Å². The van der Waals surface area contributed by atoms with Crippen molar-refractivity contribution in [3.05, 3.63) is 0 Å². The molecule has 0 amide bonds. The van der Waals surface area contributed by atoms with E-state index in [9.17, 15) is 9.59 Å². The van der Waals surface area contributed by atoms with Crippen LogP contribution in [0.5, 0.6) is 0 Å². The van der Waals surface area contributed by atoms with Gasteiger partial charge in [0.15, 0.2) is 0 Å². The maximum absolute atomic E-state index is 11.1. The van der Waals surface area contributed by atoms with E-state index >= 15 is 0 Å². The molecule has 0 aliphatic carbocycles. The summed E-state index contributed by atoms with van der Waals surface area (Å²) in [4.78, 5) is 21.5. The summed E-state index contributed by atoms with van der Waals surface area (Å²) in [5, 5.41) is 0. The van der Waals surface area contributed by atoms with Gasteiger partial charge in [-0.25, -0.2) is 4.79 Å². The van der Waals surface area contributed by atoms with Gasteiger partial charge in [0, 0.05) is 6.92 Å². The summed E-state index contributed by atoms with van der Waals surface area (Å²) in [7, 11) is 0. The highest BCUT2D eigenvalue weighted by molar-refractivity contribution is 5.70. The zero-order valence-electron chi connectivity index (χ0n) is 10.9. The fourth-order valence-electron chi connectivity index (χ4n) is 1.12. The molecule has 0 aromatic heterocycles. The zero-order chi connectivity index (χ0) is 13.1. The van der Waals surface area contributed by atoms with Gasteiger partial charge in [-0.2, -0.15) is 0 Å². The van der Waals surface area contributed by atoms with Gasteiger partial charge in [-0.3, -0.25) is 4.79 Å². The number of esters is 2. The summed E-state index contributed by atoms with van der Waals surface area (Å²) < 4.78 is 14.6. The Balaban J connectivity index is 3.26. The first-order valence-corrected chi connectivity index (χ1v) is 5.89. The number of hydrogen-bond acceptors (Lipinski definition) is 5. The van der Waals surface area contributed by atoms with E-state index in [-0.39, 0.29) is 31.8 Å². The molecule has 0 atom stereocenters. The van der Waals surface area contributed by atoms with Gasteiger partial charge in [0.2, 0.25) is 0 Å². The van der Waals surface area contributed by atoms with Crippen molar-refractivity contribution in [2.75, 3.05) is 26.4 Å². The van der Waals surface area contributed by atoms with Crippen molar-refractivity contribution in [1.29, 1.82) is 0 Å². The Kier molecular flexibility index (Phi) is 9.43. The van der Waals surface area contributed by atoms with Crippen molar-refractivity contribution in [3.63, 3.8) is 0 Å². The number of carbonyl (C=O) groups is 2. The van der Waals surface area contributed by atoms with Crippen LogP contribution in [0.4, 0.5) is 0 Å². The van der Waals surface area contributed by atoms with E-state index in [1.807, 2.05) is 0 Å². The molecule has 17 heavy (non-hydrogen) atoms. The maximum atomic E-state index is 11.1. The standard InChI is InChI=1S/C12H22O5/c1-10(2)5-4-6-17-12(14)9-15-7-8-16-11(3)13/h10H,4-9H2,1-3H3. The van der Waals surface area contributed by atoms with Crippen LogP contribution in [0.25, 0.3) is 0 Å². The minimum absolute atomic E-state index is 0.0943. The van der Waals surface area contributed by atoms with Crippen LogP contribution in [0, 0.1) is 5.92 Å². The lowest BCUT2D eigenvalue weighted by Gasteiger charge is -2.07. The first kappa shape index (κ1) is 15.9. The molecule has 0 aromatic rings. The second kappa shape index (κ2) is 10.1. The topological polar surface area (TPSA) is 61.8 Å². The molecule has 0 aromatic carbocycles. The number of ether oxygens (including phenoxy) is 3. The van der Waals surface area contributed by atoms with Gasteiger partial charge >= 0.3 is 11.9 Å². The summed E-state index contributed by atoms with van der Waals surface area (Å²) in [6.07, 6.45) is 1.91. The van der Waals surface area contributed by atoms with Crippen LogP contribution in [-0.2, 0) is 23.8 Å². The highest BCUT2D eigenvalue weighted by atomic mass is 16.6. The molecular formula is C12H22O5.